The van der Waals surface area contributed by atoms with Gasteiger partial charge in [-0.25, -0.2) is 9.97 Å². The van der Waals surface area contributed by atoms with Gasteiger partial charge in [-0.2, -0.15) is 0 Å². The second-order valence-electron chi connectivity index (χ2n) is 4.12. The van der Waals surface area contributed by atoms with E-state index in [4.69, 9.17) is 5.73 Å². The molecule has 2 rings (SSSR count). The van der Waals surface area contributed by atoms with Crippen LogP contribution in [-0.2, 0) is 6.54 Å². The number of halogens is 1. The summed E-state index contributed by atoms with van der Waals surface area (Å²) in [7, 11) is 0. The molecule has 2 heterocycles. The normalized spacial score (nSPS) is 10.6. The summed E-state index contributed by atoms with van der Waals surface area (Å²) in [6, 6.07) is 3.47. The molecule has 6 heteroatoms. The summed E-state index contributed by atoms with van der Waals surface area (Å²) in [5.74, 6) is 0.948. The average molecular weight is 309 g/mol. The van der Waals surface area contributed by atoms with Crippen molar-refractivity contribution in [3.63, 3.8) is 0 Å². The Labute approximate surface area is 113 Å². The molecule has 5 nitrogen and oxygen atoms in total. The summed E-state index contributed by atoms with van der Waals surface area (Å²) >= 11 is 3.36. The molecule has 0 bridgehead atoms. The Morgan fingerprint density at radius 2 is 2.06 bits per heavy atom. The van der Waals surface area contributed by atoms with Gasteiger partial charge in [-0.3, -0.25) is 4.79 Å². The van der Waals surface area contributed by atoms with Crippen LogP contribution in [0.3, 0.4) is 0 Å². The highest BCUT2D eigenvalue weighted by Crippen LogP contribution is 2.09. The molecule has 0 spiro atoms. The molecule has 2 aromatic heterocycles. The van der Waals surface area contributed by atoms with Gasteiger partial charge in [0.25, 0.3) is 5.56 Å². The van der Waals surface area contributed by atoms with E-state index in [0.717, 1.165) is 10.2 Å². The highest BCUT2D eigenvalue weighted by atomic mass is 79.9. The number of hydrogen-bond acceptors (Lipinski definition) is 4. The van der Waals surface area contributed by atoms with Crippen LogP contribution in [0.25, 0.3) is 0 Å². The minimum Gasteiger partial charge on any atom is -0.384 e. The molecular formula is C12H13BrN4O. The predicted molar refractivity (Wildman–Crippen MR) is 73.4 cm³/mol. The minimum atomic E-state index is -0.0538. The van der Waals surface area contributed by atoms with Gasteiger partial charge in [0.1, 0.15) is 5.82 Å². The first kappa shape index (κ1) is 12.8. The zero-order chi connectivity index (χ0) is 13.3. The number of hydrogen-bond donors (Lipinski definition) is 1. The summed E-state index contributed by atoms with van der Waals surface area (Å²) in [4.78, 5) is 20.3. The Kier molecular flexibility index (Phi) is 3.47. The number of aryl methyl sites for hydroxylation is 2. The van der Waals surface area contributed by atoms with Crippen LogP contribution >= 0.6 is 15.9 Å². The number of pyridine rings is 1. The summed E-state index contributed by atoms with van der Waals surface area (Å²) in [6.07, 6.45) is 1.72. The Morgan fingerprint density at radius 3 is 2.72 bits per heavy atom. The second kappa shape index (κ2) is 4.89. The third kappa shape index (κ3) is 2.76. The summed E-state index contributed by atoms with van der Waals surface area (Å²) < 4.78 is 2.41. The van der Waals surface area contributed by atoms with Crippen molar-refractivity contribution in [1.29, 1.82) is 0 Å². The van der Waals surface area contributed by atoms with Crippen LogP contribution in [0.5, 0.6) is 0 Å². The third-order valence-corrected chi connectivity index (χ3v) is 2.90. The van der Waals surface area contributed by atoms with Gasteiger partial charge in [0.05, 0.1) is 6.54 Å². The van der Waals surface area contributed by atoms with Crippen molar-refractivity contribution in [3.8, 4) is 0 Å². The molecule has 0 aromatic carbocycles. The zero-order valence-electron chi connectivity index (χ0n) is 10.1. The van der Waals surface area contributed by atoms with Crippen molar-refractivity contribution in [2.45, 2.75) is 20.4 Å². The number of nitrogens with zero attached hydrogens (tertiary/aromatic N) is 3. The van der Waals surface area contributed by atoms with Crippen LogP contribution in [0.4, 0.5) is 5.82 Å². The predicted octanol–water partition coefficient (Wildman–Crippen LogP) is 1.65. The first-order valence-electron chi connectivity index (χ1n) is 5.42. The Morgan fingerprint density at radius 1 is 1.33 bits per heavy atom. The first-order chi connectivity index (χ1) is 8.45. The smallest absolute Gasteiger partial charge is 0.253 e. The van der Waals surface area contributed by atoms with Gasteiger partial charge in [0, 0.05) is 28.0 Å². The van der Waals surface area contributed by atoms with Crippen LogP contribution in [-0.4, -0.2) is 14.5 Å². The maximum absolute atomic E-state index is 12.0. The lowest BCUT2D eigenvalue weighted by Crippen LogP contribution is -2.23. The van der Waals surface area contributed by atoms with Gasteiger partial charge < -0.3 is 10.3 Å². The summed E-state index contributed by atoms with van der Waals surface area (Å²) in [5.41, 5.74) is 7.07. The average Bonchev–Trinajstić information content (AvgIpc) is 2.23. The quantitative estimate of drug-likeness (QED) is 0.915. The Hall–Kier alpha value is -1.69. The molecule has 0 aliphatic rings. The van der Waals surface area contributed by atoms with Crippen molar-refractivity contribution in [2.24, 2.45) is 0 Å². The molecule has 2 aromatic rings. The standard InChI is InChI=1S/C12H13BrN4O/c1-7-3-9(13)5-17(12(7)18)6-11-15-8(2)4-10(14)16-11/h3-5H,6H2,1-2H3,(H2,14,15,16). The third-order valence-electron chi connectivity index (χ3n) is 2.46. The number of nitrogens with two attached hydrogens (primary N) is 1. The SMILES string of the molecule is Cc1cc(N)nc(Cn2cc(Br)cc(C)c2=O)n1. The van der Waals surface area contributed by atoms with Crippen LogP contribution in [0, 0.1) is 13.8 Å². The highest BCUT2D eigenvalue weighted by molar-refractivity contribution is 9.10. The van der Waals surface area contributed by atoms with E-state index < -0.39 is 0 Å². The fourth-order valence-corrected chi connectivity index (χ4v) is 2.33. The van der Waals surface area contributed by atoms with E-state index in [1.54, 1.807) is 29.8 Å². The Balaban J connectivity index is 2.43. The number of aromatic nitrogens is 3. The van der Waals surface area contributed by atoms with Gasteiger partial charge in [0.15, 0.2) is 5.82 Å². The number of nitrogen functional groups attached to an aromatic ring is 1. The lowest BCUT2D eigenvalue weighted by Gasteiger charge is -2.08. The number of anilines is 1. The lowest BCUT2D eigenvalue weighted by molar-refractivity contribution is 0.705. The maximum Gasteiger partial charge on any atom is 0.253 e. The molecule has 0 saturated carbocycles. The van der Waals surface area contributed by atoms with Crippen molar-refractivity contribution < 1.29 is 0 Å². The topological polar surface area (TPSA) is 73.8 Å². The molecule has 0 unspecified atom stereocenters. The molecule has 0 aliphatic carbocycles. The number of rotatable bonds is 2. The van der Waals surface area contributed by atoms with E-state index in [9.17, 15) is 4.79 Å². The van der Waals surface area contributed by atoms with Crippen LogP contribution in [0.2, 0.25) is 0 Å². The molecule has 0 amide bonds. The van der Waals surface area contributed by atoms with E-state index in [2.05, 4.69) is 25.9 Å². The highest BCUT2D eigenvalue weighted by Gasteiger charge is 2.06. The largest absolute Gasteiger partial charge is 0.384 e. The van der Waals surface area contributed by atoms with E-state index in [1.165, 1.54) is 0 Å². The molecule has 0 atom stereocenters. The fourth-order valence-electron chi connectivity index (χ4n) is 1.74. The van der Waals surface area contributed by atoms with Gasteiger partial charge >= 0.3 is 0 Å². The minimum absolute atomic E-state index is 0.0538. The van der Waals surface area contributed by atoms with Crippen molar-refractivity contribution in [2.75, 3.05) is 5.73 Å². The molecule has 94 valence electrons. The molecule has 2 N–H and O–H groups in total. The van der Waals surface area contributed by atoms with E-state index in [1.807, 2.05) is 6.92 Å². The van der Waals surface area contributed by atoms with Gasteiger partial charge in [-0.15, -0.1) is 0 Å². The zero-order valence-corrected chi connectivity index (χ0v) is 11.7. The van der Waals surface area contributed by atoms with Crippen LogP contribution in [0.15, 0.2) is 27.6 Å². The van der Waals surface area contributed by atoms with Crippen molar-refractivity contribution >= 4 is 21.7 Å². The van der Waals surface area contributed by atoms with Gasteiger partial charge in [-0.1, -0.05) is 0 Å². The van der Waals surface area contributed by atoms with Crippen molar-refractivity contribution in [1.82, 2.24) is 14.5 Å². The Bertz CT molecular complexity index is 631. The van der Waals surface area contributed by atoms with Gasteiger partial charge in [0.2, 0.25) is 0 Å². The van der Waals surface area contributed by atoms with Crippen LogP contribution in [0.1, 0.15) is 17.1 Å². The van der Waals surface area contributed by atoms with Crippen molar-refractivity contribution in [3.05, 3.63) is 50.2 Å². The van der Waals surface area contributed by atoms with E-state index >= 15 is 0 Å². The first-order valence-corrected chi connectivity index (χ1v) is 6.21. The lowest BCUT2D eigenvalue weighted by atomic mass is 10.3. The monoisotopic (exact) mass is 308 g/mol. The molecule has 18 heavy (non-hydrogen) atoms. The molecule has 0 aliphatic heterocycles. The summed E-state index contributed by atoms with van der Waals surface area (Å²) in [5, 5.41) is 0. The van der Waals surface area contributed by atoms with Gasteiger partial charge in [-0.05, 0) is 35.8 Å². The molecular weight excluding hydrogens is 296 g/mol. The fraction of sp³-hybridized carbons (Fsp3) is 0.250. The molecule has 0 radical (unpaired) electrons. The molecule has 0 saturated heterocycles. The second-order valence-corrected chi connectivity index (χ2v) is 5.04. The van der Waals surface area contributed by atoms with E-state index in [-0.39, 0.29) is 5.56 Å². The molecule has 0 fully saturated rings. The van der Waals surface area contributed by atoms with Crippen LogP contribution < -0.4 is 11.3 Å². The maximum atomic E-state index is 12.0. The summed E-state index contributed by atoms with van der Waals surface area (Å²) in [6.45, 7) is 3.93. The van der Waals surface area contributed by atoms with E-state index in [0.29, 0.717) is 23.8 Å².